The Hall–Kier alpha value is -2.37. The highest BCUT2D eigenvalue weighted by Gasteiger charge is 2.24. The second kappa shape index (κ2) is 8.34. The van der Waals surface area contributed by atoms with Crippen LogP contribution in [0.15, 0.2) is 70.9 Å². The van der Waals surface area contributed by atoms with E-state index in [1.54, 1.807) is 18.2 Å². The number of amides is 1. The molecule has 1 N–H and O–H groups in total. The van der Waals surface area contributed by atoms with Crippen LogP contribution in [0.25, 0.3) is 0 Å². The second-order valence-electron chi connectivity index (χ2n) is 5.99. The van der Waals surface area contributed by atoms with Gasteiger partial charge < -0.3 is 5.32 Å². The molecule has 0 spiro atoms. The number of aryl methyl sites for hydroxylation is 2. The van der Waals surface area contributed by atoms with Crippen LogP contribution < -0.4 is 5.32 Å². The molecule has 0 aliphatic rings. The van der Waals surface area contributed by atoms with Gasteiger partial charge in [-0.3, -0.25) is 9.59 Å². The smallest absolute Gasteiger partial charge is 0.252 e. The number of ketones is 1. The van der Waals surface area contributed by atoms with Crippen molar-refractivity contribution >= 4 is 34.8 Å². The first-order valence-corrected chi connectivity index (χ1v) is 9.97. The Labute approximate surface area is 161 Å². The Balaban J connectivity index is 1.82. The van der Waals surface area contributed by atoms with Crippen molar-refractivity contribution < 1.29 is 9.59 Å². The Morgan fingerprint density at radius 1 is 0.923 bits per heavy atom. The first-order valence-electron chi connectivity index (χ1n) is 8.21. The fourth-order valence-electron chi connectivity index (χ4n) is 2.36. The van der Waals surface area contributed by atoms with Gasteiger partial charge in [0, 0.05) is 10.5 Å². The van der Waals surface area contributed by atoms with Crippen LogP contribution >= 0.6 is 23.1 Å². The van der Waals surface area contributed by atoms with Gasteiger partial charge in [0.15, 0.2) is 0 Å². The summed E-state index contributed by atoms with van der Waals surface area (Å²) < 4.78 is 0. The molecule has 0 saturated carbocycles. The molecule has 132 valence electrons. The van der Waals surface area contributed by atoms with E-state index in [4.69, 9.17) is 0 Å². The molecule has 3 nitrogen and oxygen atoms in total. The number of carbonyl (C=O) groups excluding carboxylic acids is 2. The van der Waals surface area contributed by atoms with Crippen molar-refractivity contribution in [3.05, 3.63) is 87.6 Å². The van der Waals surface area contributed by atoms with Gasteiger partial charge in [-0.1, -0.05) is 53.2 Å². The predicted molar refractivity (Wildman–Crippen MR) is 108 cm³/mol. The van der Waals surface area contributed by atoms with E-state index < -0.39 is 5.37 Å². The fraction of sp³-hybridized carbons (Fsp3) is 0.143. The Morgan fingerprint density at radius 2 is 1.54 bits per heavy atom. The monoisotopic (exact) mass is 381 g/mol. The minimum Gasteiger partial charge on any atom is -0.333 e. The van der Waals surface area contributed by atoms with Crippen molar-refractivity contribution in [3.63, 3.8) is 0 Å². The quantitative estimate of drug-likeness (QED) is 0.367. The van der Waals surface area contributed by atoms with Crippen LogP contribution in [0.2, 0.25) is 0 Å². The minimum absolute atomic E-state index is 0.0916. The molecule has 26 heavy (non-hydrogen) atoms. The van der Waals surface area contributed by atoms with Crippen molar-refractivity contribution in [1.82, 2.24) is 5.32 Å². The molecule has 1 atom stereocenters. The number of nitrogens with one attached hydrogen (secondary N) is 1. The summed E-state index contributed by atoms with van der Waals surface area (Å²) in [5, 5.41) is 4.07. The van der Waals surface area contributed by atoms with Gasteiger partial charge in [-0.15, -0.1) is 11.3 Å². The Morgan fingerprint density at radius 3 is 2.12 bits per heavy atom. The lowest BCUT2D eigenvalue weighted by Gasteiger charge is -2.17. The molecular weight excluding hydrogens is 362 g/mol. The first kappa shape index (κ1) is 18.4. The topological polar surface area (TPSA) is 46.2 Å². The molecule has 0 unspecified atom stereocenters. The van der Waals surface area contributed by atoms with Crippen LogP contribution in [-0.4, -0.2) is 17.1 Å². The lowest BCUT2D eigenvalue weighted by atomic mass is 10.1. The molecule has 0 bridgehead atoms. The lowest BCUT2D eigenvalue weighted by molar-refractivity contribution is 0.0894. The van der Waals surface area contributed by atoms with Crippen LogP contribution in [0, 0.1) is 13.8 Å². The minimum atomic E-state index is -0.676. The number of thiophene rings is 1. The van der Waals surface area contributed by atoms with Crippen molar-refractivity contribution in [2.75, 3.05) is 0 Å². The maximum atomic E-state index is 12.9. The highest BCUT2D eigenvalue weighted by Crippen LogP contribution is 2.26. The van der Waals surface area contributed by atoms with Gasteiger partial charge >= 0.3 is 0 Å². The van der Waals surface area contributed by atoms with Crippen LogP contribution in [0.5, 0.6) is 0 Å². The third-order valence-corrected chi connectivity index (χ3v) is 5.85. The maximum Gasteiger partial charge on any atom is 0.252 e. The summed E-state index contributed by atoms with van der Waals surface area (Å²) in [7, 11) is 0. The van der Waals surface area contributed by atoms with E-state index in [1.165, 1.54) is 23.1 Å². The normalized spacial score (nSPS) is 11.8. The number of hydrogen-bond acceptors (Lipinski definition) is 4. The van der Waals surface area contributed by atoms with Gasteiger partial charge in [-0.05, 0) is 49.6 Å². The standard InChI is InChI=1S/C21H19NO2S2/c1-14-5-9-16(10-6-14)20(24)22-21(19(23)18-4-3-13-25-18)26-17-11-7-15(2)8-12-17/h3-13,21H,1-2H3,(H,22,24)/t21-/m1/s1. The number of thioether (sulfide) groups is 1. The summed E-state index contributed by atoms with van der Waals surface area (Å²) in [6.45, 7) is 3.99. The van der Waals surface area contributed by atoms with Crippen LogP contribution in [0.4, 0.5) is 0 Å². The molecule has 1 amide bonds. The average molecular weight is 382 g/mol. The number of Topliss-reactive ketones (excluding diaryl/α,β-unsaturated/α-hetero) is 1. The molecule has 0 saturated heterocycles. The van der Waals surface area contributed by atoms with Crippen LogP contribution in [0.1, 0.15) is 31.2 Å². The highest BCUT2D eigenvalue weighted by molar-refractivity contribution is 8.00. The Kier molecular flexibility index (Phi) is 5.91. The van der Waals surface area contributed by atoms with E-state index in [-0.39, 0.29) is 11.7 Å². The zero-order valence-electron chi connectivity index (χ0n) is 14.6. The SMILES string of the molecule is Cc1ccc(S[C@@H](NC(=O)c2ccc(C)cc2)C(=O)c2cccs2)cc1. The molecule has 1 heterocycles. The molecule has 0 aliphatic heterocycles. The Bertz CT molecular complexity index is 885. The molecule has 0 radical (unpaired) electrons. The summed E-state index contributed by atoms with van der Waals surface area (Å²) in [5.41, 5.74) is 2.78. The average Bonchev–Trinajstić information content (AvgIpc) is 3.17. The summed E-state index contributed by atoms with van der Waals surface area (Å²) in [6.07, 6.45) is 0. The molecular formula is C21H19NO2S2. The number of rotatable bonds is 6. The highest BCUT2D eigenvalue weighted by atomic mass is 32.2. The van der Waals surface area contributed by atoms with Gasteiger partial charge in [0.2, 0.25) is 5.78 Å². The van der Waals surface area contributed by atoms with Gasteiger partial charge in [0.05, 0.1) is 4.88 Å². The fourth-order valence-corrected chi connectivity index (χ4v) is 4.09. The van der Waals surface area contributed by atoms with E-state index in [2.05, 4.69) is 5.32 Å². The maximum absolute atomic E-state index is 12.9. The largest absolute Gasteiger partial charge is 0.333 e. The molecule has 3 rings (SSSR count). The molecule has 0 fully saturated rings. The number of hydrogen-bond donors (Lipinski definition) is 1. The van der Waals surface area contributed by atoms with E-state index in [0.29, 0.717) is 10.4 Å². The third-order valence-electron chi connectivity index (χ3n) is 3.85. The molecule has 0 aliphatic carbocycles. The van der Waals surface area contributed by atoms with E-state index in [9.17, 15) is 9.59 Å². The summed E-state index contributed by atoms with van der Waals surface area (Å²) >= 11 is 2.74. The number of benzene rings is 2. The first-order chi connectivity index (χ1) is 12.5. The van der Waals surface area contributed by atoms with Gasteiger partial charge in [-0.2, -0.15) is 0 Å². The summed E-state index contributed by atoms with van der Waals surface area (Å²) in [5.74, 6) is -0.342. The molecule has 5 heteroatoms. The van der Waals surface area contributed by atoms with Crippen molar-refractivity contribution in [2.45, 2.75) is 24.1 Å². The van der Waals surface area contributed by atoms with Crippen molar-refractivity contribution in [3.8, 4) is 0 Å². The molecule has 2 aromatic carbocycles. The summed E-state index contributed by atoms with van der Waals surface area (Å²) in [6, 6.07) is 18.9. The van der Waals surface area contributed by atoms with Crippen LogP contribution in [-0.2, 0) is 0 Å². The molecule has 3 aromatic rings. The zero-order chi connectivity index (χ0) is 18.5. The lowest BCUT2D eigenvalue weighted by Crippen LogP contribution is -2.38. The van der Waals surface area contributed by atoms with E-state index in [1.807, 2.05) is 61.7 Å². The van der Waals surface area contributed by atoms with Gasteiger partial charge in [0.1, 0.15) is 5.37 Å². The third kappa shape index (κ3) is 4.62. The molecule has 1 aromatic heterocycles. The van der Waals surface area contributed by atoms with Crippen molar-refractivity contribution in [1.29, 1.82) is 0 Å². The predicted octanol–water partition coefficient (Wildman–Crippen LogP) is 5.10. The second-order valence-corrected chi connectivity index (χ2v) is 8.12. The zero-order valence-corrected chi connectivity index (χ0v) is 16.2. The number of carbonyl (C=O) groups is 2. The summed E-state index contributed by atoms with van der Waals surface area (Å²) in [4.78, 5) is 27.1. The van der Waals surface area contributed by atoms with Crippen LogP contribution in [0.3, 0.4) is 0 Å². The van der Waals surface area contributed by atoms with Gasteiger partial charge in [0.25, 0.3) is 5.91 Å². The van der Waals surface area contributed by atoms with E-state index >= 15 is 0 Å². The van der Waals surface area contributed by atoms with Crippen molar-refractivity contribution in [2.24, 2.45) is 0 Å². The van der Waals surface area contributed by atoms with E-state index in [0.717, 1.165) is 16.0 Å². The van der Waals surface area contributed by atoms with Gasteiger partial charge in [-0.25, -0.2) is 0 Å².